The Labute approximate surface area is 110 Å². The van der Waals surface area contributed by atoms with Crippen molar-refractivity contribution in [3.63, 3.8) is 0 Å². The lowest BCUT2D eigenvalue weighted by Gasteiger charge is -2.08. The third-order valence-corrected chi connectivity index (χ3v) is 2.82. The van der Waals surface area contributed by atoms with Crippen LogP contribution < -0.4 is 10.1 Å². The van der Waals surface area contributed by atoms with Crippen LogP contribution in [0.25, 0.3) is 0 Å². The van der Waals surface area contributed by atoms with Gasteiger partial charge in [-0.1, -0.05) is 39.5 Å². The highest BCUT2D eigenvalue weighted by atomic mass is 16.5. The van der Waals surface area contributed by atoms with E-state index in [-0.39, 0.29) is 0 Å². The summed E-state index contributed by atoms with van der Waals surface area (Å²) < 4.78 is 5.68. The molecule has 4 nitrogen and oxygen atoms in total. The number of anilines is 1. The van der Waals surface area contributed by atoms with E-state index < -0.39 is 0 Å². The maximum absolute atomic E-state index is 5.68. The molecule has 0 unspecified atom stereocenters. The lowest BCUT2D eigenvalue weighted by atomic mass is 10.2. The van der Waals surface area contributed by atoms with Crippen LogP contribution in [0.2, 0.25) is 0 Å². The average Bonchev–Trinajstić information content (AvgIpc) is 2.42. The maximum atomic E-state index is 5.68. The maximum Gasteiger partial charge on any atom is 0.218 e. The van der Waals surface area contributed by atoms with E-state index in [0.717, 1.165) is 31.1 Å². The van der Waals surface area contributed by atoms with E-state index in [0.29, 0.717) is 5.88 Å². The van der Waals surface area contributed by atoms with Crippen molar-refractivity contribution in [2.24, 2.45) is 0 Å². The van der Waals surface area contributed by atoms with Crippen LogP contribution in [0, 0.1) is 0 Å². The molecule has 1 aromatic heterocycles. The first-order valence-corrected chi connectivity index (χ1v) is 6.98. The molecule has 1 aromatic rings. The molecular weight excluding hydrogens is 226 g/mol. The molecule has 0 fully saturated rings. The molecule has 0 aliphatic carbocycles. The normalized spacial score (nSPS) is 10.4. The Bertz CT molecular complexity index is 320. The summed E-state index contributed by atoms with van der Waals surface area (Å²) in [7, 11) is 1.86. The fourth-order valence-electron chi connectivity index (χ4n) is 1.72. The molecule has 0 spiro atoms. The lowest BCUT2D eigenvalue weighted by molar-refractivity contribution is 0.292. The van der Waals surface area contributed by atoms with Crippen LogP contribution in [0.4, 0.5) is 5.82 Å². The van der Waals surface area contributed by atoms with Gasteiger partial charge in [-0.15, -0.1) is 0 Å². The molecule has 1 heterocycles. The zero-order valence-corrected chi connectivity index (χ0v) is 11.8. The van der Waals surface area contributed by atoms with Crippen LogP contribution in [0.15, 0.2) is 6.07 Å². The Morgan fingerprint density at radius 2 is 1.89 bits per heavy atom. The summed E-state index contributed by atoms with van der Waals surface area (Å²) in [4.78, 5) is 8.70. The molecule has 1 rings (SSSR count). The van der Waals surface area contributed by atoms with Crippen molar-refractivity contribution in [1.82, 2.24) is 9.97 Å². The molecule has 0 bridgehead atoms. The number of aromatic nitrogens is 2. The van der Waals surface area contributed by atoms with E-state index in [4.69, 9.17) is 4.74 Å². The highest BCUT2D eigenvalue weighted by molar-refractivity contribution is 5.37. The first kappa shape index (κ1) is 14.7. The monoisotopic (exact) mass is 251 g/mol. The quantitative estimate of drug-likeness (QED) is 0.683. The van der Waals surface area contributed by atoms with Gasteiger partial charge in [-0.2, -0.15) is 4.98 Å². The first-order valence-electron chi connectivity index (χ1n) is 6.98. The standard InChI is InChI=1S/C14H25N3O/c1-4-6-7-8-9-10-18-14-11-13(15-3)16-12(5-2)17-14/h11H,4-10H2,1-3H3,(H,15,16,17). The molecule has 0 radical (unpaired) electrons. The second-order valence-electron chi connectivity index (χ2n) is 4.37. The summed E-state index contributed by atoms with van der Waals surface area (Å²) in [6.45, 7) is 5.01. The fourth-order valence-corrected chi connectivity index (χ4v) is 1.72. The molecule has 0 atom stereocenters. The molecule has 0 saturated carbocycles. The van der Waals surface area contributed by atoms with Crippen molar-refractivity contribution in [3.8, 4) is 5.88 Å². The molecule has 1 N–H and O–H groups in total. The summed E-state index contributed by atoms with van der Waals surface area (Å²) in [6, 6.07) is 1.85. The van der Waals surface area contributed by atoms with Crippen molar-refractivity contribution in [3.05, 3.63) is 11.9 Å². The van der Waals surface area contributed by atoms with E-state index in [1.807, 2.05) is 20.0 Å². The SMILES string of the molecule is CCCCCCCOc1cc(NC)nc(CC)n1. The van der Waals surface area contributed by atoms with Crippen molar-refractivity contribution in [2.45, 2.75) is 52.4 Å². The van der Waals surface area contributed by atoms with Gasteiger partial charge in [-0.05, 0) is 6.42 Å². The number of aryl methyl sites for hydroxylation is 1. The third-order valence-electron chi connectivity index (χ3n) is 2.82. The number of hydrogen-bond donors (Lipinski definition) is 1. The second kappa shape index (κ2) is 8.72. The smallest absolute Gasteiger partial charge is 0.218 e. The van der Waals surface area contributed by atoms with Gasteiger partial charge in [0.2, 0.25) is 5.88 Å². The van der Waals surface area contributed by atoms with Crippen molar-refractivity contribution in [2.75, 3.05) is 19.0 Å². The Balaban J connectivity index is 2.36. The second-order valence-corrected chi connectivity index (χ2v) is 4.37. The predicted molar refractivity (Wildman–Crippen MR) is 75.2 cm³/mol. The topological polar surface area (TPSA) is 47.0 Å². The molecule has 102 valence electrons. The van der Waals surface area contributed by atoms with E-state index in [1.165, 1.54) is 25.7 Å². The Kier molecular flexibility index (Phi) is 7.14. The van der Waals surface area contributed by atoms with Crippen LogP contribution in [-0.2, 0) is 6.42 Å². The average molecular weight is 251 g/mol. The van der Waals surface area contributed by atoms with Crippen LogP contribution >= 0.6 is 0 Å². The third kappa shape index (κ3) is 5.34. The fraction of sp³-hybridized carbons (Fsp3) is 0.714. The van der Waals surface area contributed by atoms with Crippen LogP contribution in [-0.4, -0.2) is 23.6 Å². The van der Waals surface area contributed by atoms with E-state index in [9.17, 15) is 0 Å². The Morgan fingerprint density at radius 3 is 2.56 bits per heavy atom. The number of hydrogen-bond acceptors (Lipinski definition) is 4. The summed E-state index contributed by atoms with van der Waals surface area (Å²) in [6.07, 6.45) is 7.04. The Morgan fingerprint density at radius 1 is 1.11 bits per heavy atom. The van der Waals surface area contributed by atoms with Crippen LogP contribution in [0.5, 0.6) is 5.88 Å². The highest BCUT2D eigenvalue weighted by Gasteiger charge is 2.03. The van der Waals surface area contributed by atoms with Gasteiger partial charge in [0.25, 0.3) is 0 Å². The number of unbranched alkanes of at least 4 members (excludes halogenated alkanes) is 4. The van der Waals surface area contributed by atoms with Gasteiger partial charge in [-0.3, -0.25) is 0 Å². The largest absolute Gasteiger partial charge is 0.478 e. The molecule has 0 saturated heterocycles. The van der Waals surface area contributed by atoms with Crippen LogP contribution in [0.1, 0.15) is 51.8 Å². The molecule has 0 aliphatic heterocycles. The van der Waals surface area contributed by atoms with Crippen LogP contribution in [0.3, 0.4) is 0 Å². The van der Waals surface area contributed by atoms with Crippen molar-refractivity contribution >= 4 is 5.82 Å². The summed E-state index contributed by atoms with van der Waals surface area (Å²) in [5, 5.41) is 3.03. The number of nitrogens with one attached hydrogen (secondary N) is 1. The van der Waals surface area contributed by atoms with Gasteiger partial charge in [0.05, 0.1) is 6.61 Å². The van der Waals surface area contributed by atoms with Gasteiger partial charge in [0.1, 0.15) is 11.6 Å². The number of nitrogens with zero attached hydrogens (tertiary/aromatic N) is 2. The molecule has 4 heteroatoms. The van der Waals surface area contributed by atoms with Gasteiger partial charge in [-0.25, -0.2) is 4.98 Å². The molecule has 0 amide bonds. The summed E-state index contributed by atoms with van der Waals surface area (Å²) in [5.74, 6) is 2.33. The van der Waals surface area contributed by atoms with Crippen molar-refractivity contribution in [1.29, 1.82) is 0 Å². The van der Waals surface area contributed by atoms with E-state index in [2.05, 4.69) is 22.2 Å². The predicted octanol–water partition coefficient (Wildman–Crippen LogP) is 3.43. The molecule has 0 aromatic carbocycles. The molecule has 18 heavy (non-hydrogen) atoms. The summed E-state index contributed by atoms with van der Waals surface area (Å²) in [5.41, 5.74) is 0. The zero-order chi connectivity index (χ0) is 13.2. The van der Waals surface area contributed by atoms with Gasteiger partial charge >= 0.3 is 0 Å². The molecule has 0 aliphatic rings. The van der Waals surface area contributed by atoms with Gasteiger partial charge in [0, 0.05) is 19.5 Å². The minimum absolute atomic E-state index is 0.682. The lowest BCUT2D eigenvalue weighted by Crippen LogP contribution is -2.04. The summed E-state index contributed by atoms with van der Waals surface area (Å²) >= 11 is 0. The highest BCUT2D eigenvalue weighted by Crippen LogP contribution is 2.14. The van der Waals surface area contributed by atoms with Crippen molar-refractivity contribution < 1.29 is 4.74 Å². The number of ether oxygens (including phenoxy) is 1. The van der Waals surface area contributed by atoms with Gasteiger partial charge < -0.3 is 10.1 Å². The Hall–Kier alpha value is -1.32. The van der Waals surface area contributed by atoms with Gasteiger partial charge in [0.15, 0.2) is 0 Å². The van der Waals surface area contributed by atoms with E-state index >= 15 is 0 Å². The zero-order valence-electron chi connectivity index (χ0n) is 11.8. The molecular formula is C14H25N3O. The minimum atomic E-state index is 0.682. The number of rotatable bonds is 9. The minimum Gasteiger partial charge on any atom is -0.478 e. The first-order chi connectivity index (χ1) is 8.80. The van der Waals surface area contributed by atoms with E-state index in [1.54, 1.807) is 0 Å².